The van der Waals surface area contributed by atoms with Gasteiger partial charge in [-0.3, -0.25) is 9.89 Å². The highest BCUT2D eigenvalue weighted by atomic mass is 35.5. The van der Waals surface area contributed by atoms with Crippen molar-refractivity contribution in [3.8, 4) is 17.0 Å². The summed E-state index contributed by atoms with van der Waals surface area (Å²) in [5, 5.41) is 8.25. The fourth-order valence-corrected chi connectivity index (χ4v) is 3.66. The van der Waals surface area contributed by atoms with Crippen molar-refractivity contribution in [2.24, 2.45) is 0 Å². The monoisotopic (exact) mass is 407 g/mol. The summed E-state index contributed by atoms with van der Waals surface area (Å²) in [6.07, 6.45) is 4.21. The van der Waals surface area contributed by atoms with E-state index in [1.165, 1.54) is 0 Å². The predicted molar refractivity (Wildman–Crippen MR) is 115 cm³/mol. The van der Waals surface area contributed by atoms with Crippen LogP contribution < -0.4 is 4.74 Å². The Morgan fingerprint density at radius 3 is 2.86 bits per heavy atom. The fourth-order valence-electron chi connectivity index (χ4n) is 3.47. The van der Waals surface area contributed by atoms with Gasteiger partial charge < -0.3 is 9.64 Å². The smallest absolute Gasteiger partial charge is 0.246 e. The fraction of sp³-hybridized carbons (Fsp3) is 0.217. The SMILES string of the molecule is CCOc1ccc(/C=C/C(=O)N2CCc3[nH]nc(-c4cccc(Cl)c4)c3C2)cc1. The van der Waals surface area contributed by atoms with E-state index in [0.29, 0.717) is 24.7 Å². The molecule has 5 nitrogen and oxygen atoms in total. The number of benzene rings is 2. The number of H-pyrrole nitrogens is 1. The Morgan fingerprint density at radius 2 is 2.10 bits per heavy atom. The van der Waals surface area contributed by atoms with E-state index in [9.17, 15) is 4.79 Å². The molecule has 0 radical (unpaired) electrons. The number of nitrogens with one attached hydrogen (secondary N) is 1. The van der Waals surface area contributed by atoms with Gasteiger partial charge in [-0.1, -0.05) is 35.9 Å². The third-order valence-corrected chi connectivity index (χ3v) is 5.19. The molecule has 2 heterocycles. The van der Waals surface area contributed by atoms with Crippen molar-refractivity contribution in [2.45, 2.75) is 19.9 Å². The molecular formula is C23H22ClN3O2. The Bertz CT molecular complexity index is 1040. The Morgan fingerprint density at radius 1 is 1.28 bits per heavy atom. The van der Waals surface area contributed by atoms with E-state index in [-0.39, 0.29) is 5.91 Å². The van der Waals surface area contributed by atoms with Crippen molar-refractivity contribution in [3.05, 3.63) is 76.5 Å². The van der Waals surface area contributed by atoms with E-state index in [1.807, 2.05) is 66.4 Å². The molecule has 0 aliphatic carbocycles. The summed E-state index contributed by atoms with van der Waals surface area (Å²) in [5.74, 6) is 0.816. The highest BCUT2D eigenvalue weighted by molar-refractivity contribution is 6.30. The van der Waals surface area contributed by atoms with Gasteiger partial charge in [-0.2, -0.15) is 5.10 Å². The third-order valence-electron chi connectivity index (χ3n) is 4.95. The van der Waals surface area contributed by atoms with Gasteiger partial charge in [-0.05, 0) is 42.8 Å². The molecule has 29 heavy (non-hydrogen) atoms. The van der Waals surface area contributed by atoms with Gasteiger partial charge in [0.15, 0.2) is 0 Å². The maximum Gasteiger partial charge on any atom is 0.246 e. The van der Waals surface area contributed by atoms with Crippen LogP contribution in [0.3, 0.4) is 0 Å². The molecule has 1 aromatic heterocycles. The average molecular weight is 408 g/mol. The lowest BCUT2D eigenvalue weighted by Gasteiger charge is -2.26. The van der Waals surface area contributed by atoms with Gasteiger partial charge in [-0.15, -0.1) is 0 Å². The number of carbonyl (C=O) groups is 1. The first-order valence-electron chi connectivity index (χ1n) is 9.66. The lowest BCUT2D eigenvalue weighted by atomic mass is 10.0. The number of hydrogen-bond acceptors (Lipinski definition) is 3. The number of aromatic amines is 1. The standard InChI is InChI=1S/C23H22ClN3O2/c1-2-29-19-9-6-16(7-10-19)8-11-22(28)27-13-12-21-20(15-27)23(26-25-21)17-4-3-5-18(24)14-17/h3-11,14H,2,12-13,15H2,1H3,(H,25,26)/b11-8+. The molecule has 4 rings (SSSR count). The summed E-state index contributed by atoms with van der Waals surface area (Å²) < 4.78 is 5.45. The zero-order valence-electron chi connectivity index (χ0n) is 16.2. The van der Waals surface area contributed by atoms with Crippen LogP contribution in [0, 0.1) is 0 Å². The first-order chi connectivity index (χ1) is 14.1. The van der Waals surface area contributed by atoms with Crippen molar-refractivity contribution in [1.82, 2.24) is 15.1 Å². The van der Waals surface area contributed by atoms with Gasteiger partial charge >= 0.3 is 0 Å². The van der Waals surface area contributed by atoms with Crippen molar-refractivity contribution in [2.75, 3.05) is 13.2 Å². The minimum absolute atomic E-state index is 0.0113. The molecule has 1 aliphatic rings. The number of ether oxygens (including phenoxy) is 1. The van der Waals surface area contributed by atoms with E-state index >= 15 is 0 Å². The van der Waals surface area contributed by atoms with Gasteiger partial charge in [0.1, 0.15) is 5.75 Å². The van der Waals surface area contributed by atoms with Crippen LogP contribution in [0.2, 0.25) is 5.02 Å². The van der Waals surface area contributed by atoms with Gasteiger partial charge in [0.25, 0.3) is 0 Å². The summed E-state index contributed by atoms with van der Waals surface area (Å²) in [6, 6.07) is 15.3. The van der Waals surface area contributed by atoms with Crippen LogP contribution in [0.1, 0.15) is 23.7 Å². The highest BCUT2D eigenvalue weighted by Crippen LogP contribution is 2.29. The number of rotatable bonds is 5. The minimum Gasteiger partial charge on any atom is -0.494 e. The Labute approximate surface area is 175 Å². The average Bonchev–Trinajstić information content (AvgIpc) is 3.16. The van der Waals surface area contributed by atoms with Crippen LogP contribution in [-0.4, -0.2) is 34.2 Å². The molecule has 1 N–H and O–H groups in total. The quantitative estimate of drug-likeness (QED) is 0.622. The van der Waals surface area contributed by atoms with Crippen molar-refractivity contribution < 1.29 is 9.53 Å². The lowest BCUT2D eigenvalue weighted by molar-refractivity contribution is -0.126. The maximum atomic E-state index is 12.7. The molecular weight excluding hydrogens is 386 g/mol. The Hall–Kier alpha value is -3.05. The molecule has 0 saturated heterocycles. The lowest BCUT2D eigenvalue weighted by Crippen LogP contribution is -2.34. The molecule has 3 aromatic rings. The normalized spacial score (nSPS) is 13.5. The van der Waals surface area contributed by atoms with E-state index in [0.717, 1.165) is 40.2 Å². The number of nitrogens with zero attached hydrogens (tertiary/aromatic N) is 2. The van der Waals surface area contributed by atoms with E-state index < -0.39 is 0 Å². The molecule has 0 saturated carbocycles. The number of carbonyl (C=O) groups excluding carboxylic acids is 1. The molecule has 0 unspecified atom stereocenters. The summed E-state index contributed by atoms with van der Waals surface area (Å²) >= 11 is 6.13. The maximum absolute atomic E-state index is 12.7. The molecule has 2 aromatic carbocycles. The van der Waals surface area contributed by atoms with E-state index in [2.05, 4.69) is 10.2 Å². The molecule has 0 atom stereocenters. The van der Waals surface area contributed by atoms with Crippen molar-refractivity contribution in [1.29, 1.82) is 0 Å². The van der Waals surface area contributed by atoms with Crippen LogP contribution in [0.15, 0.2) is 54.6 Å². The van der Waals surface area contributed by atoms with Gasteiger partial charge in [-0.25, -0.2) is 0 Å². The molecule has 0 spiro atoms. The second-order valence-electron chi connectivity index (χ2n) is 6.88. The van der Waals surface area contributed by atoms with Crippen LogP contribution in [-0.2, 0) is 17.8 Å². The van der Waals surface area contributed by atoms with Gasteiger partial charge in [0.05, 0.1) is 12.3 Å². The number of aromatic nitrogens is 2. The second-order valence-corrected chi connectivity index (χ2v) is 7.32. The molecule has 148 valence electrons. The summed E-state index contributed by atoms with van der Waals surface area (Å²) in [7, 11) is 0. The second kappa shape index (κ2) is 8.53. The van der Waals surface area contributed by atoms with Gasteiger partial charge in [0, 0.05) is 47.4 Å². The summed E-state index contributed by atoms with van der Waals surface area (Å²) in [4.78, 5) is 14.6. The first kappa shape index (κ1) is 19.3. The van der Waals surface area contributed by atoms with Crippen LogP contribution >= 0.6 is 11.6 Å². The third kappa shape index (κ3) is 4.35. The topological polar surface area (TPSA) is 58.2 Å². The molecule has 1 amide bonds. The van der Waals surface area contributed by atoms with Crippen LogP contribution in [0.25, 0.3) is 17.3 Å². The van der Waals surface area contributed by atoms with E-state index in [4.69, 9.17) is 16.3 Å². The van der Waals surface area contributed by atoms with Crippen molar-refractivity contribution >= 4 is 23.6 Å². The van der Waals surface area contributed by atoms with E-state index in [1.54, 1.807) is 6.08 Å². The number of halogens is 1. The highest BCUT2D eigenvalue weighted by Gasteiger charge is 2.24. The summed E-state index contributed by atoms with van der Waals surface area (Å²) in [6.45, 7) is 3.78. The molecule has 1 aliphatic heterocycles. The molecule has 6 heteroatoms. The minimum atomic E-state index is -0.0113. The Balaban J connectivity index is 1.48. The molecule has 0 fully saturated rings. The summed E-state index contributed by atoms with van der Waals surface area (Å²) in [5.41, 5.74) is 4.91. The van der Waals surface area contributed by atoms with Crippen LogP contribution in [0.4, 0.5) is 0 Å². The number of hydrogen-bond donors (Lipinski definition) is 1. The van der Waals surface area contributed by atoms with Crippen molar-refractivity contribution in [3.63, 3.8) is 0 Å². The predicted octanol–water partition coefficient (Wildman–Crippen LogP) is 4.73. The zero-order valence-corrected chi connectivity index (χ0v) is 16.9. The zero-order chi connectivity index (χ0) is 20.2. The Kier molecular flexibility index (Phi) is 5.67. The molecule has 0 bridgehead atoms. The first-order valence-corrected chi connectivity index (χ1v) is 10.0. The number of fused-ring (bicyclic) bond motifs is 1. The van der Waals surface area contributed by atoms with Crippen LogP contribution in [0.5, 0.6) is 5.75 Å². The largest absolute Gasteiger partial charge is 0.494 e. The number of amides is 1. The van der Waals surface area contributed by atoms with Gasteiger partial charge in [0.2, 0.25) is 5.91 Å².